The minimum Gasteiger partial charge on any atom is -0.365 e. The molecule has 188 valence electrons. The van der Waals surface area contributed by atoms with Gasteiger partial charge in [-0.05, 0) is 46.9 Å². The molecule has 1 fully saturated rings. The molecule has 2 aromatic heterocycles. The number of H-pyrrole nitrogens is 1. The first-order valence-electron chi connectivity index (χ1n) is 10.7. The van der Waals surface area contributed by atoms with Crippen molar-refractivity contribution in [3.63, 3.8) is 0 Å². The van der Waals surface area contributed by atoms with Crippen LogP contribution >= 0.6 is 27.3 Å². The molecule has 15 heteroatoms. The average Bonchev–Trinajstić information content (AvgIpc) is 3.18. The fraction of sp³-hybridized carbons (Fsp3) is 0.500. The number of halogens is 3. The highest BCUT2D eigenvalue weighted by Crippen LogP contribution is 2.45. The summed E-state index contributed by atoms with van der Waals surface area (Å²) < 4.78 is 60.8. The van der Waals surface area contributed by atoms with Crippen LogP contribution in [0.2, 0.25) is 25.7 Å². The van der Waals surface area contributed by atoms with E-state index in [0.29, 0.717) is 46.2 Å². The lowest BCUT2D eigenvalue weighted by molar-refractivity contribution is 0.0660. The summed E-state index contributed by atoms with van der Waals surface area (Å²) in [4.78, 5) is -0.0755. The number of benzene rings is 1. The molecule has 1 aliphatic carbocycles. The van der Waals surface area contributed by atoms with Gasteiger partial charge in [0.1, 0.15) is 18.0 Å². The molecule has 0 amide bonds. The summed E-state index contributed by atoms with van der Waals surface area (Å²) in [6.45, 7) is 6.75. The predicted octanol–water partition coefficient (Wildman–Crippen LogP) is 5.14. The van der Waals surface area contributed by atoms with Gasteiger partial charge < -0.3 is 4.74 Å². The topological polar surface area (TPSA) is 125 Å². The van der Waals surface area contributed by atoms with E-state index in [1.165, 1.54) is 12.1 Å². The molecule has 4 rings (SSSR count). The van der Waals surface area contributed by atoms with Crippen LogP contribution in [0.3, 0.4) is 0 Å². The minimum absolute atomic E-state index is 0.0755. The first kappa shape index (κ1) is 26.2. The van der Waals surface area contributed by atoms with Crippen LogP contribution in [-0.2, 0) is 14.8 Å². The Labute approximate surface area is 214 Å². The van der Waals surface area contributed by atoms with Crippen LogP contribution in [0.4, 0.5) is 8.78 Å². The van der Waals surface area contributed by atoms with E-state index in [1.54, 1.807) is 0 Å². The second-order valence-corrected chi connectivity index (χ2v) is 18.8. The average molecular weight is 606 g/mol. The quantitative estimate of drug-likeness (QED) is 0.193. The fourth-order valence-corrected chi connectivity index (χ4v) is 7.24. The zero-order chi connectivity index (χ0) is 25.6. The summed E-state index contributed by atoms with van der Waals surface area (Å²) in [6.07, 6.45) is -1.94. The minimum atomic E-state index is -4.15. The summed E-state index contributed by atoms with van der Waals surface area (Å²) >= 11 is 4.06. The zero-order valence-corrected chi connectivity index (χ0v) is 23.4. The predicted molar refractivity (Wildman–Crippen MR) is 133 cm³/mol. The molecule has 0 bridgehead atoms. The van der Waals surface area contributed by atoms with Crippen LogP contribution in [0.15, 0.2) is 21.5 Å². The molecular formula is C20H23BrF2N6O3S2Si. The smallest absolute Gasteiger partial charge is 0.291 e. The molecule has 0 saturated heterocycles. The van der Waals surface area contributed by atoms with E-state index in [4.69, 9.17) is 4.74 Å². The molecule has 9 nitrogen and oxygen atoms in total. The molecule has 0 aliphatic heterocycles. The van der Waals surface area contributed by atoms with Crippen LogP contribution in [-0.4, -0.2) is 60.1 Å². The van der Waals surface area contributed by atoms with Crippen LogP contribution in [0.25, 0.3) is 21.6 Å². The highest BCUT2D eigenvalue weighted by molar-refractivity contribution is 9.10. The third kappa shape index (κ3) is 5.32. The number of nitrogens with zero attached hydrogens (tertiary/aromatic N) is 5. The first-order valence-corrected chi connectivity index (χ1v) is 17.4. The van der Waals surface area contributed by atoms with Gasteiger partial charge in [0.2, 0.25) is 10.0 Å². The Balaban J connectivity index is 1.71. The Kier molecular flexibility index (Phi) is 7.17. The van der Waals surface area contributed by atoms with Crippen LogP contribution in [0.5, 0.6) is 0 Å². The summed E-state index contributed by atoms with van der Waals surface area (Å²) in [7, 11) is -5.53. The standard InChI is InChI=1S/C20H23BrF2N6O3S2Si/c1-35(2,3)7-6-32-11-29(20(10-24)4-5-20)34(30,31)12-8-13-15(14(21)9-12)25-26-16(13)18-27-28-19(33-18)17(22)23/h8-9,17H,4-7,11H2,1-3H3,(H,25,26). The maximum absolute atomic E-state index is 13.8. The number of aromatic amines is 1. The molecule has 35 heavy (non-hydrogen) atoms. The Morgan fingerprint density at radius 2 is 2.06 bits per heavy atom. The number of sulfonamides is 1. The molecule has 2 heterocycles. The van der Waals surface area contributed by atoms with Crippen molar-refractivity contribution in [3.05, 3.63) is 21.6 Å². The zero-order valence-electron chi connectivity index (χ0n) is 19.2. The maximum Gasteiger partial charge on any atom is 0.291 e. The lowest BCUT2D eigenvalue weighted by Crippen LogP contribution is -2.43. The van der Waals surface area contributed by atoms with Gasteiger partial charge in [0.05, 0.1) is 16.5 Å². The third-order valence-electron chi connectivity index (χ3n) is 5.63. The molecule has 1 N–H and O–H groups in total. The van der Waals surface area contributed by atoms with E-state index in [2.05, 4.69) is 62.0 Å². The highest BCUT2D eigenvalue weighted by Gasteiger charge is 2.54. The second kappa shape index (κ2) is 9.56. The maximum atomic E-state index is 13.8. The van der Waals surface area contributed by atoms with Crippen molar-refractivity contribution >= 4 is 56.3 Å². The number of fused-ring (bicyclic) bond motifs is 1. The molecule has 0 unspecified atom stereocenters. The van der Waals surface area contributed by atoms with E-state index < -0.39 is 35.1 Å². The van der Waals surface area contributed by atoms with Crippen molar-refractivity contribution in [3.8, 4) is 16.8 Å². The van der Waals surface area contributed by atoms with Crippen molar-refractivity contribution in [2.45, 2.75) is 55.4 Å². The number of hydrogen-bond donors (Lipinski definition) is 1. The Bertz CT molecular complexity index is 1400. The number of nitriles is 1. The normalized spacial score (nSPS) is 15.7. The lowest BCUT2D eigenvalue weighted by Gasteiger charge is -2.27. The van der Waals surface area contributed by atoms with E-state index in [1.807, 2.05) is 0 Å². The summed E-state index contributed by atoms with van der Waals surface area (Å²) in [5.74, 6) is 0. The number of nitrogens with one attached hydrogen (secondary N) is 1. The molecular weight excluding hydrogens is 582 g/mol. The van der Waals surface area contributed by atoms with Crippen molar-refractivity contribution in [1.29, 1.82) is 5.26 Å². The number of aromatic nitrogens is 4. The van der Waals surface area contributed by atoms with Gasteiger partial charge in [0.25, 0.3) is 6.43 Å². The van der Waals surface area contributed by atoms with E-state index in [-0.39, 0.29) is 22.3 Å². The Hall–Kier alpha value is -1.83. The van der Waals surface area contributed by atoms with Crippen LogP contribution in [0.1, 0.15) is 24.3 Å². The molecule has 1 saturated carbocycles. The van der Waals surface area contributed by atoms with Gasteiger partial charge >= 0.3 is 0 Å². The fourth-order valence-electron chi connectivity index (χ4n) is 3.40. The van der Waals surface area contributed by atoms with Gasteiger partial charge in [-0.25, -0.2) is 17.2 Å². The van der Waals surface area contributed by atoms with Crippen LogP contribution < -0.4 is 0 Å². The van der Waals surface area contributed by atoms with Crippen molar-refractivity contribution in [1.82, 2.24) is 24.7 Å². The monoisotopic (exact) mass is 604 g/mol. The number of hydrogen-bond acceptors (Lipinski definition) is 8. The summed E-state index contributed by atoms with van der Waals surface area (Å²) in [5, 5.41) is 24.0. The SMILES string of the molecule is C[Si](C)(C)CCOCN(C1(C#N)CC1)S(=O)(=O)c1cc(Br)c2[nH]nc(-c3nnc(C(F)F)s3)c2c1. The molecule has 0 spiro atoms. The highest BCUT2D eigenvalue weighted by atomic mass is 79.9. The first-order chi connectivity index (χ1) is 16.4. The molecule has 1 aliphatic rings. The van der Waals surface area contributed by atoms with Gasteiger partial charge in [-0.15, -0.1) is 10.2 Å². The largest absolute Gasteiger partial charge is 0.365 e. The van der Waals surface area contributed by atoms with Gasteiger partial charge in [0, 0.05) is 24.5 Å². The van der Waals surface area contributed by atoms with Crippen molar-refractivity contribution in [2.75, 3.05) is 13.3 Å². The Morgan fingerprint density at radius 3 is 2.63 bits per heavy atom. The van der Waals surface area contributed by atoms with Crippen molar-refractivity contribution in [2.24, 2.45) is 0 Å². The second-order valence-electron chi connectivity index (χ2n) is 9.49. The number of rotatable bonds is 10. The molecule has 0 radical (unpaired) electrons. The lowest BCUT2D eigenvalue weighted by atomic mass is 10.2. The number of ether oxygens (including phenoxy) is 1. The van der Waals surface area contributed by atoms with E-state index in [9.17, 15) is 22.5 Å². The molecule has 1 aromatic carbocycles. The summed E-state index contributed by atoms with van der Waals surface area (Å²) in [5.41, 5.74) is -0.460. The summed E-state index contributed by atoms with van der Waals surface area (Å²) in [6, 6.07) is 5.83. The number of alkyl halides is 2. The molecule has 3 aromatic rings. The Morgan fingerprint density at radius 1 is 1.34 bits per heavy atom. The third-order valence-corrected chi connectivity index (χ3v) is 10.8. The van der Waals surface area contributed by atoms with E-state index >= 15 is 0 Å². The van der Waals surface area contributed by atoms with Gasteiger partial charge in [-0.2, -0.15) is 14.7 Å². The van der Waals surface area contributed by atoms with Gasteiger partial charge in [0.15, 0.2) is 10.0 Å². The van der Waals surface area contributed by atoms with Gasteiger partial charge in [-0.3, -0.25) is 5.10 Å². The van der Waals surface area contributed by atoms with Gasteiger partial charge in [-0.1, -0.05) is 31.0 Å². The molecule has 0 atom stereocenters. The van der Waals surface area contributed by atoms with Crippen molar-refractivity contribution < 1.29 is 21.9 Å². The van der Waals surface area contributed by atoms with E-state index in [0.717, 1.165) is 10.3 Å². The van der Waals surface area contributed by atoms with Crippen LogP contribution in [0, 0.1) is 11.3 Å².